The molecule has 1 N–H and O–H groups in total. The summed E-state index contributed by atoms with van der Waals surface area (Å²) in [6, 6.07) is 11.1. The molecule has 0 fully saturated rings. The van der Waals surface area contributed by atoms with Gasteiger partial charge in [-0.1, -0.05) is 37.3 Å². The van der Waals surface area contributed by atoms with E-state index in [1.165, 1.54) is 30.3 Å². The van der Waals surface area contributed by atoms with Crippen molar-refractivity contribution in [2.45, 2.75) is 31.0 Å². The zero-order chi connectivity index (χ0) is 17.1. The summed E-state index contributed by atoms with van der Waals surface area (Å²) < 4.78 is 65.3. The Morgan fingerprint density at radius 2 is 1.61 bits per heavy atom. The molecule has 0 spiro atoms. The van der Waals surface area contributed by atoms with Crippen LogP contribution in [0.3, 0.4) is 0 Å². The van der Waals surface area contributed by atoms with Crippen LogP contribution in [-0.2, 0) is 29.2 Å². The standard InChI is InChI=1S/C16H16F3NO2S/c1-2-12-7-9-14(10-8-12)23(21,22)20-11-13-5-3-4-6-15(13)16(17,18)19/h3-10,20H,2,11H2,1H3. The van der Waals surface area contributed by atoms with Crippen molar-refractivity contribution in [2.75, 3.05) is 0 Å². The van der Waals surface area contributed by atoms with E-state index in [1.54, 1.807) is 12.1 Å². The lowest BCUT2D eigenvalue weighted by Crippen LogP contribution is -2.24. The molecule has 23 heavy (non-hydrogen) atoms. The average molecular weight is 343 g/mol. The van der Waals surface area contributed by atoms with Crippen LogP contribution in [0.1, 0.15) is 23.6 Å². The number of hydrogen-bond acceptors (Lipinski definition) is 2. The minimum Gasteiger partial charge on any atom is -0.207 e. The second kappa shape index (κ2) is 6.72. The van der Waals surface area contributed by atoms with Crippen LogP contribution in [0.4, 0.5) is 13.2 Å². The molecule has 0 aliphatic carbocycles. The maximum atomic E-state index is 12.9. The molecule has 3 nitrogen and oxygen atoms in total. The van der Waals surface area contributed by atoms with E-state index >= 15 is 0 Å². The first-order chi connectivity index (χ1) is 10.7. The summed E-state index contributed by atoms with van der Waals surface area (Å²) in [6.45, 7) is 1.52. The third-order valence-corrected chi connectivity index (χ3v) is 4.83. The van der Waals surface area contributed by atoms with E-state index in [9.17, 15) is 21.6 Å². The first kappa shape index (κ1) is 17.5. The lowest BCUT2D eigenvalue weighted by atomic mass is 10.1. The molecule has 2 aromatic rings. The topological polar surface area (TPSA) is 46.2 Å². The van der Waals surface area contributed by atoms with Gasteiger partial charge in [0.2, 0.25) is 10.0 Å². The highest BCUT2D eigenvalue weighted by Gasteiger charge is 2.33. The van der Waals surface area contributed by atoms with Crippen molar-refractivity contribution in [1.82, 2.24) is 4.72 Å². The normalized spacial score (nSPS) is 12.3. The van der Waals surface area contributed by atoms with Gasteiger partial charge in [-0.2, -0.15) is 13.2 Å². The second-order valence-electron chi connectivity index (χ2n) is 4.98. The van der Waals surface area contributed by atoms with E-state index in [0.29, 0.717) is 0 Å². The van der Waals surface area contributed by atoms with Crippen molar-refractivity contribution in [3.05, 3.63) is 65.2 Å². The summed E-state index contributed by atoms with van der Waals surface area (Å²) in [4.78, 5) is 0.0270. The Kier molecular flexibility index (Phi) is 5.11. The van der Waals surface area contributed by atoms with Crippen LogP contribution < -0.4 is 4.72 Å². The van der Waals surface area contributed by atoms with Crippen molar-refractivity contribution >= 4 is 10.0 Å². The number of sulfonamides is 1. The molecule has 0 radical (unpaired) electrons. The predicted molar refractivity (Wildman–Crippen MR) is 81.3 cm³/mol. The first-order valence-corrected chi connectivity index (χ1v) is 8.46. The Bertz CT molecular complexity index is 769. The molecule has 0 bridgehead atoms. The van der Waals surface area contributed by atoms with Gasteiger partial charge >= 0.3 is 6.18 Å². The monoisotopic (exact) mass is 343 g/mol. The van der Waals surface area contributed by atoms with Gasteiger partial charge in [0.25, 0.3) is 0 Å². The van der Waals surface area contributed by atoms with E-state index in [4.69, 9.17) is 0 Å². The molecule has 0 atom stereocenters. The maximum Gasteiger partial charge on any atom is 0.416 e. The molecule has 2 aromatic carbocycles. The zero-order valence-corrected chi connectivity index (χ0v) is 13.2. The van der Waals surface area contributed by atoms with Crippen LogP contribution in [-0.4, -0.2) is 8.42 Å². The van der Waals surface area contributed by atoms with Crippen LogP contribution in [0.25, 0.3) is 0 Å². The average Bonchev–Trinajstić information content (AvgIpc) is 2.52. The maximum absolute atomic E-state index is 12.9. The van der Waals surface area contributed by atoms with Crippen molar-refractivity contribution in [2.24, 2.45) is 0 Å². The van der Waals surface area contributed by atoms with E-state index in [0.717, 1.165) is 18.1 Å². The summed E-state index contributed by atoms with van der Waals surface area (Å²) in [5.41, 5.74) is 0.0177. The van der Waals surface area contributed by atoms with Gasteiger partial charge in [-0.05, 0) is 35.7 Å². The molecule has 124 valence electrons. The molecular weight excluding hydrogens is 327 g/mol. The highest BCUT2D eigenvalue weighted by atomic mass is 32.2. The Morgan fingerprint density at radius 1 is 1.00 bits per heavy atom. The van der Waals surface area contributed by atoms with Crippen LogP contribution in [0, 0.1) is 0 Å². The molecule has 0 aliphatic heterocycles. The first-order valence-electron chi connectivity index (χ1n) is 6.98. The third kappa shape index (κ3) is 4.33. The highest BCUT2D eigenvalue weighted by molar-refractivity contribution is 7.89. The van der Waals surface area contributed by atoms with Crippen LogP contribution in [0.2, 0.25) is 0 Å². The van der Waals surface area contributed by atoms with E-state index in [2.05, 4.69) is 4.72 Å². The Labute approximate surface area is 133 Å². The van der Waals surface area contributed by atoms with Gasteiger partial charge in [0.1, 0.15) is 0 Å². The number of halogens is 3. The minimum absolute atomic E-state index is 0.0270. The fourth-order valence-electron chi connectivity index (χ4n) is 2.11. The number of benzene rings is 2. The second-order valence-corrected chi connectivity index (χ2v) is 6.74. The summed E-state index contributed by atoms with van der Waals surface area (Å²) >= 11 is 0. The van der Waals surface area contributed by atoms with E-state index in [-0.39, 0.29) is 10.5 Å². The van der Waals surface area contributed by atoms with Crippen molar-refractivity contribution < 1.29 is 21.6 Å². The van der Waals surface area contributed by atoms with E-state index in [1.807, 2.05) is 6.92 Å². The lowest BCUT2D eigenvalue weighted by molar-refractivity contribution is -0.138. The quantitative estimate of drug-likeness (QED) is 0.899. The SMILES string of the molecule is CCc1ccc(S(=O)(=O)NCc2ccccc2C(F)(F)F)cc1. The van der Waals surface area contributed by atoms with Crippen LogP contribution >= 0.6 is 0 Å². The molecule has 2 rings (SSSR count). The predicted octanol–water partition coefficient (Wildman–Crippen LogP) is 3.75. The minimum atomic E-state index is -4.52. The number of nitrogens with one attached hydrogen (secondary N) is 1. The Morgan fingerprint density at radius 3 is 2.17 bits per heavy atom. The molecule has 0 aliphatic rings. The van der Waals surface area contributed by atoms with Gasteiger partial charge in [0.05, 0.1) is 10.5 Å². The summed E-state index contributed by atoms with van der Waals surface area (Å²) in [5.74, 6) is 0. The fourth-order valence-corrected chi connectivity index (χ4v) is 3.12. The Balaban J connectivity index is 2.20. The molecule has 0 amide bonds. The smallest absolute Gasteiger partial charge is 0.207 e. The molecule has 0 aromatic heterocycles. The van der Waals surface area contributed by atoms with Gasteiger partial charge < -0.3 is 0 Å². The van der Waals surface area contributed by atoms with Crippen molar-refractivity contribution in [3.8, 4) is 0 Å². The number of alkyl halides is 3. The van der Waals surface area contributed by atoms with Crippen molar-refractivity contribution in [3.63, 3.8) is 0 Å². The molecule has 0 unspecified atom stereocenters. The number of rotatable bonds is 5. The van der Waals surface area contributed by atoms with Gasteiger partial charge in [-0.25, -0.2) is 13.1 Å². The lowest BCUT2D eigenvalue weighted by Gasteiger charge is -2.13. The molecule has 0 heterocycles. The summed E-state index contributed by atoms with van der Waals surface area (Å²) in [6.07, 6.45) is -3.75. The zero-order valence-electron chi connectivity index (χ0n) is 12.4. The molecule has 0 saturated heterocycles. The molecular formula is C16H16F3NO2S. The number of hydrogen-bond donors (Lipinski definition) is 1. The summed E-state index contributed by atoms with van der Waals surface area (Å²) in [5, 5.41) is 0. The summed E-state index contributed by atoms with van der Waals surface area (Å²) in [7, 11) is -3.86. The molecule has 0 saturated carbocycles. The fraction of sp³-hybridized carbons (Fsp3) is 0.250. The largest absolute Gasteiger partial charge is 0.416 e. The molecule has 7 heteroatoms. The van der Waals surface area contributed by atoms with Gasteiger partial charge in [0, 0.05) is 6.54 Å². The van der Waals surface area contributed by atoms with Crippen molar-refractivity contribution in [1.29, 1.82) is 0 Å². The van der Waals surface area contributed by atoms with Gasteiger partial charge in [-0.15, -0.1) is 0 Å². The van der Waals surface area contributed by atoms with Crippen LogP contribution in [0.15, 0.2) is 53.4 Å². The third-order valence-electron chi connectivity index (χ3n) is 3.42. The van der Waals surface area contributed by atoms with Gasteiger partial charge in [0.15, 0.2) is 0 Å². The highest BCUT2D eigenvalue weighted by Crippen LogP contribution is 2.31. The van der Waals surface area contributed by atoms with Gasteiger partial charge in [-0.3, -0.25) is 0 Å². The Hall–Kier alpha value is -1.86. The van der Waals surface area contributed by atoms with E-state index < -0.39 is 28.3 Å². The number of aryl methyl sites for hydroxylation is 1. The van der Waals surface area contributed by atoms with Crippen LogP contribution in [0.5, 0.6) is 0 Å².